The molecular formula is C10H28. The molecule has 0 aliphatic heterocycles. The van der Waals surface area contributed by atoms with Crippen LogP contribution in [0.15, 0.2) is 13.2 Å². The lowest BCUT2D eigenvalue weighted by Crippen LogP contribution is -0.856. The van der Waals surface area contributed by atoms with Crippen LogP contribution in [0.25, 0.3) is 0 Å². The van der Waals surface area contributed by atoms with Crippen LogP contribution in [-0.2, 0) is 0 Å². The fourth-order valence-electron chi connectivity index (χ4n) is 0. The summed E-state index contributed by atoms with van der Waals surface area (Å²) in [6.07, 6.45) is 0. The van der Waals surface area contributed by atoms with E-state index in [1.807, 2.05) is 55.4 Å². The molecule has 0 spiro atoms. The third kappa shape index (κ3) is 5200. The maximum absolute atomic E-state index is 3.00. The van der Waals surface area contributed by atoms with E-state index in [-0.39, 0.29) is 0 Å². The minimum atomic E-state index is 2.00. The Morgan fingerprint density at radius 2 is 0.400 bits per heavy atom. The highest BCUT2D eigenvalue weighted by Crippen LogP contribution is 1.15. The van der Waals surface area contributed by atoms with Crippen molar-refractivity contribution in [3.63, 3.8) is 0 Å². The van der Waals surface area contributed by atoms with Crippen molar-refractivity contribution in [3.8, 4) is 0 Å². The summed E-state index contributed by atoms with van der Waals surface area (Å²) in [5.41, 5.74) is 0. The molecule has 0 fully saturated rings. The van der Waals surface area contributed by atoms with E-state index < -0.39 is 0 Å². The summed E-state index contributed by atoms with van der Waals surface area (Å²) in [5.74, 6) is 0. The first-order valence-corrected chi connectivity index (χ1v) is 4.50. The second-order valence-corrected chi connectivity index (χ2v) is 0. The zero-order valence-corrected chi connectivity index (χ0v) is 9.41. The van der Waals surface area contributed by atoms with Gasteiger partial charge in [-0.2, -0.15) is 0 Å². The van der Waals surface area contributed by atoms with Gasteiger partial charge in [-0.3, -0.25) is 0 Å². The van der Waals surface area contributed by atoms with Gasteiger partial charge in [-0.15, -0.1) is 13.2 Å². The SMILES string of the molecule is C=C.CC.CC.CC.CC. The van der Waals surface area contributed by atoms with Crippen LogP contribution in [0.5, 0.6) is 0 Å². The molecule has 68 valence electrons. The molecule has 0 heteroatoms. The first kappa shape index (κ1) is 33.1. The third-order valence-corrected chi connectivity index (χ3v) is 0. The standard InChI is InChI=1S/4C2H6.C2H4/c5*1-2/h4*1-2H3;1-2H2. The van der Waals surface area contributed by atoms with E-state index in [0.717, 1.165) is 0 Å². The summed E-state index contributed by atoms with van der Waals surface area (Å²) in [7, 11) is 0. The Kier molecular flexibility index (Phi) is 25600. The average molecular weight is 148 g/mol. The van der Waals surface area contributed by atoms with Crippen LogP contribution in [0.3, 0.4) is 0 Å². The Balaban J connectivity index is -0.0000000104. The Morgan fingerprint density at radius 3 is 0.400 bits per heavy atom. The summed E-state index contributed by atoms with van der Waals surface area (Å²) < 4.78 is 0. The van der Waals surface area contributed by atoms with E-state index in [4.69, 9.17) is 0 Å². The molecule has 0 saturated carbocycles. The zero-order chi connectivity index (χ0) is 10.0. The van der Waals surface area contributed by atoms with E-state index in [1.165, 1.54) is 0 Å². The molecule has 0 radical (unpaired) electrons. The predicted octanol–water partition coefficient (Wildman–Crippen LogP) is 4.91. The normalized spacial score (nSPS) is 2.80. The van der Waals surface area contributed by atoms with Crippen molar-refractivity contribution in [1.29, 1.82) is 0 Å². The van der Waals surface area contributed by atoms with Gasteiger partial charge in [0.25, 0.3) is 0 Å². The summed E-state index contributed by atoms with van der Waals surface area (Å²) in [4.78, 5) is 0. The van der Waals surface area contributed by atoms with Gasteiger partial charge in [0.05, 0.1) is 0 Å². The van der Waals surface area contributed by atoms with Gasteiger partial charge in [-0.05, 0) is 0 Å². The smallest absolute Gasteiger partial charge is 0.0683 e. The molecule has 0 rings (SSSR count). The van der Waals surface area contributed by atoms with Gasteiger partial charge in [-0.25, -0.2) is 0 Å². The van der Waals surface area contributed by atoms with Gasteiger partial charge in [0.15, 0.2) is 0 Å². The zero-order valence-electron chi connectivity index (χ0n) is 9.41. The Bertz CT molecular complexity index is 0. The van der Waals surface area contributed by atoms with Gasteiger partial charge >= 0.3 is 0 Å². The van der Waals surface area contributed by atoms with Gasteiger partial charge in [-0.1, -0.05) is 55.4 Å². The van der Waals surface area contributed by atoms with E-state index in [0.29, 0.717) is 0 Å². The molecule has 10 heavy (non-hydrogen) atoms. The molecule has 0 atom stereocenters. The van der Waals surface area contributed by atoms with Crippen LogP contribution in [0.4, 0.5) is 0 Å². The molecule has 0 aliphatic rings. The summed E-state index contributed by atoms with van der Waals surface area (Å²) in [6.45, 7) is 22.0. The second kappa shape index (κ2) is 7750. The van der Waals surface area contributed by atoms with Gasteiger partial charge in [0, 0.05) is 0 Å². The molecular weight excluding hydrogens is 120 g/mol. The molecule has 0 nitrogen and oxygen atoms in total. The molecule has 0 saturated heterocycles. The maximum Gasteiger partial charge on any atom is -0.0683 e. The van der Waals surface area contributed by atoms with Gasteiger partial charge < -0.3 is 0 Å². The minimum Gasteiger partial charge on any atom is -0.106 e. The van der Waals surface area contributed by atoms with Crippen LogP contribution in [0, 0.1) is 0 Å². The quantitative estimate of drug-likeness (QED) is 0.428. The van der Waals surface area contributed by atoms with Crippen molar-refractivity contribution in [1.82, 2.24) is 0 Å². The fourth-order valence-corrected chi connectivity index (χ4v) is 0. The van der Waals surface area contributed by atoms with E-state index in [9.17, 15) is 0 Å². The van der Waals surface area contributed by atoms with Crippen LogP contribution >= 0.6 is 0 Å². The number of hydrogen-bond acceptors (Lipinski definition) is 0. The Labute approximate surface area is 69.4 Å². The predicted molar refractivity (Wildman–Crippen MR) is 56.6 cm³/mol. The molecule has 0 aliphatic carbocycles. The van der Waals surface area contributed by atoms with E-state index in [1.54, 1.807) is 0 Å². The largest absolute Gasteiger partial charge is 0.106 e. The lowest BCUT2D eigenvalue weighted by molar-refractivity contribution is 1.50. The average Bonchev–Trinajstić information content (AvgIpc) is 2.20. The van der Waals surface area contributed by atoms with Crippen molar-refractivity contribution in [2.75, 3.05) is 0 Å². The van der Waals surface area contributed by atoms with Crippen molar-refractivity contribution in [3.05, 3.63) is 13.2 Å². The maximum atomic E-state index is 3.00. The fraction of sp³-hybridized carbons (Fsp3) is 0.800. The molecule has 0 aromatic rings. The highest BCUT2D eigenvalue weighted by molar-refractivity contribution is 4.22. The Hall–Kier alpha value is -0.260. The number of rotatable bonds is 0. The molecule has 0 unspecified atom stereocenters. The van der Waals surface area contributed by atoms with Crippen LogP contribution < -0.4 is 0 Å². The highest BCUT2D eigenvalue weighted by atomic mass is 13.0. The lowest BCUT2D eigenvalue weighted by Gasteiger charge is -1.07. The highest BCUT2D eigenvalue weighted by Gasteiger charge is 0.938. The monoisotopic (exact) mass is 148 g/mol. The lowest BCUT2D eigenvalue weighted by atomic mass is 11.0. The van der Waals surface area contributed by atoms with Crippen molar-refractivity contribution in [2.45, 2.75) is 55.4 Å². The van der Waals surface area contributed by atoms with Crippen LogP contribution in [0.2, 0.25) is 0 Å². The van der Waals surface area contributed by atoms with Gasteiger partial charge in [0.1, 0.15) is 0 Å². The summed E-state index contributed by atoms with van der Waals surface area (Å²) >= 11 is 0. The molecule has 0 aromatic carbocycles. The number of hydrogen-bond donors (Lipinski definition) is 0. The van der Waals surface area contributed by atoms with Crippen molar-refractivity contribution >= 4 is 0 Å². The Morgan fingerprint density at radius 1 is 0.400 bits per heavy atom. The van der Waals surface area contributed by atoms with Gasteiger partial charge in [0.2, 0.25) is 0 Å². The molecule has 0 bridgehead atoms. The molecule has 0 N–H and O–H groups in total. The minimum absolute atomic E-state index is 2.00. The first-order chi connectivity index (χ1) is 5.00. The van der Waals surface area contributed by atoms with Crippen LogP contribution in [0.1, 0.15) is 55.4 Å². The van der Waals surface area contributed by atoms with Crippen molar-refractivity contribution in [2.24, 2.45) is 0 Å². The van der Waals surface area contributed by atoms with Crippen molar-refractivity contribution < 1.29 is 0 Å². The second-order valence-electron chi connectivity index (χ2n) is 0. The molecule has 0 aromatic heterocycles. The van der Waals surface area contributed by atoms with Crippen LogP contribution in [-0.4, -0.2) is 0 Å². The van der Waals surface area contributed by atoms with E-state index >= 15 is 0 Å². The first-order valence-electron chi connectivity index (χ1n) is 4.50. The molecule has 0 heterocycles. The third-order valence-electron chi connectivity index (χ3n) is 0. The van der Waals surface area contributed by atoms with E-state index in [2.05, 4.69) is 13.2 Å². The summed E-state index contributed by atoms with van der Waals surface area (Å²) in [6, 6.07) is 0. The molecule has 0 amide bonds. The summed E-state index contributed by atoms with van der Waals surface area (Å²) in [5, 5.41) is 0. The topological polar surface area (TPSA) is 0 Å².